The summed E-state index contributed by atoms with van der Waals surface area (Å²) in [6, 6.07) is -0.621. The van der Waals surface area contributed by atoms with E-state index in [2.05, 4.69) is 10.6 Å². The van der Waals surface area contributed by atoms with Crippen molar-refractivity contribution in [3.8, 4) is 0 Å². The molecule has 0 spiro atoms. The summed E-state index contributed by atoms with van der Waals surface area (Å²) in [4.78, 5) is 12.0. The maximum atomic E-state index is 12.5. The fourth-order valence-electron chi connectivity index (χ4n) is 2.41. The number of carbonyl (C=O) groups excluding carboxylic acids is 1. The zero-order valence-electron chi connectivity index (χ0n) is 11.9. The van der Waals surface area contributed by atoms with Crippen LogP contribution in [0.25, 0.3) is 0 Å². The number of amides is 1. The van der Waals surface area contributed by atoms with Crippen LogP contribution in [0, 0.1) is 5.92 Å². The van der Waals surface area contributed by atoms with E-state index in [-0.39, 0.29) is 31.3 Å². The van der Waals surface area contributed by atoms with E-state index >= 15 is 0 Å². The number of piperidine rings is 1. The average molecular weight is 296 g/mol. The second kappa shape index (κ2) is 7.83. The lowest BCUT2D eigenvalue weighted by molar-refractivity contribution is -0.180. The van der Waals surface area contributed by atoms with Gasteiger partial charge in [-0.05, 0) is 19.3 Å². The highest BCUT2D eigenvalue weighted by molar-refractivity contribution is 5.82. The van der Waals surface area contributed by atoms with E-state index in [1.807, 2.05) is 6.92 Å². The molecule has 1 aliphatic heterocycles. The zero-order valence-corrected chi connectivity index (χ0v) is 11.9. The third-order valence-electron chi connectivity index (χ3n) is 3.55. The minimum atomic E-state index is -4.19. The van der Waals surface area contributed by atoms with Crippen LogP contribution in [-0.2, 0) is 9.53 Å². The van der Waals surface area contributed by atoms with Crippen LogP contribution in [0.2, 0.25) is 0 Å². The van der Waals surface area contributed by atoms with Crippen LogP contribution in [0.5, 0.6) is 0 Å². The highest BCUT2D eigenvalue weighted by Crippen LogP contribution is 2.31. The first-order valence-electron chi connectivity index (χ1n) is 6.97. The van der Waals surface area contributed by atoms with Crippen molar-refractivity contribution < 1.29 is 22.7 Å². The summed E-state index contributed by atoms with van der Waals surface area (Å²) in [7, 11) is 1.56. The molecule has 0 radical (unpaired) electrons. The Morgan fingerprint density at radius 2 is 2.15 bits per heavy atom. The Hall–Kier alpha value is -0.820. The summed E-state index contributed by atoms with van der Waals surface area (Å²) in [5, 5.41) is 5.53. The van der Waals surface area contributed by atoms with Crippen molar-refractivity contribution in [1.82, 2.24) is 10.6 Å². The number of carbonyl (C=O) groups is 1. The van der Waals surface area contributed by atoms with Gasteiger partial charge in [-0.15, -0.1) is 0 Å². The molecule has 7 heteroatoms. The molecule has 0 saturated carbocycles. The van der Waals surface area contributed by atoms with Gasteiger partial charge in [0, 0.05) is 13.7 Å². The minimum Gasteiger partial charge on any atom is -0.383 e. The maximum absolute atomic E-state index is 12.5. The van der Waals surface area contributed by atoms with E-state index in [1.165, 1.54) is 0 Å². The third kappa shape index (κ3) is 5.28. The second-order valence-electron chi connectivity index (χ2n) is 5.23. The summed E-state index contributed by atoms with van der Waals surface area (Å²) < 4.78 is 42.6. The first kappa shape index (κ1) is 17.2. The molecular weight excluding hydrogens is 273 g/mol. The fraction of sp³-hybridized carbons (Fsp3) is 0.923. The van der Waals surface area contributed by atoms with Gasteiger partial charge in [0.05, 0.1) is 24.6 Å². The molecule has 1 amide bonds. The van der Waals surface area contributed by atoms with Crippen LogP contribution in [0.4, 0.5) is 13.2 Å². The number of methoxy groups -OCH3 is 1. The standard InChI is InChI=1S/C13H23F3N2O2/c1-3-4-10(8-20-2)18-12(19)11-6-5-9(7-17-11)13(14,15)16/h9-11,17H,3-8H2,1-2H3,(H,18,19). The van der Waals surface area contributed by atoms with Crippen molar-refractivity contribution in [3.63, 3.8) is 0 Å². The predicted molar refractivity (Wildman–Crippen MR) is 69.3 cm³/mol. The number of rotatable bonds is 6. The van der Waals surface area contributed by atoms with Gasteiger partial charge in [-0.25, -0.2) is 0 Å². The first-order valence-corrected chi connectivity index (χ1v) is 6.97. The molecule has 4 nitrogen and oxygen atoms in total. The Kier molecular flexibility index (Phi) is 6.75. The molecule has 2 N–H and O–H groups in total. The molecule has 3 atom stereocenters. The van der Waals surface area contributed by atoms with Crippen LogP contribution in [0.15, 0.2) is 0 Å². The summed E-state index contributed by atoms with van der Waals surface area (Å²) in [5.74, 6) is -1.59. The summed E-state index contributed by atoms with van der Waals surface area (Å²) in [6.07, 6.45) is -2.28. The highest BCUT2D eigenvalue weighted by Gasteiger charge is 2.42. The van der Waals surface area contributed by atoms with Gasteiger partial charge in [0.15, 0.2) is 0 Å². The largest absolute Gasteiger partial charge is 0.393 e. The first-order chi connectivity index (χ1) is 9.38. The SMILES string of the molecule is CCCC(COC)NC(=O)C1CCC(C(F)(F)F)CN1. The summed E-state index contributed by atoms with van der Waals surface area (Å²) in [6.45, 7) is 2.23. The number of nitrogens with one attached hydrogen (secondary N) is 2. The summed E-state index contributed by atoms with van der Waals surface area (Å²) >= 11 is 0. The number of alkyl halides is 3. The Morgan fingerprint density at radius 3 is 2.60 bits per heavy atom. The van der Waals surface area contributed by atoms with E-state index in [9.17, 15) is 18.0 Å². The predicted octanol–water partition coefficient (Wildman–Crippen LogP) is 1.85. The fourth-order valence-corrected chi connectivity index (χ4v) is 2.41. The molecule has 0 aromatic heterocycles. The van der Waals surface area contributed by atoms with Gasteiger partial charge < -0.3 is 15.4 Å². The smallest absolute Gasteiger partial charge is 0.383 e. The molecule has 1 fully saturated rings. The van der Waals surface area contributed by atoms with E-state index in [1.54, 1.807) is 7.11 Å². The quantitative estimate of drug-likeness (QED) is 0.786. The lowest BCUT2D eigenvalue weighted by Crippen LogP contribution is -2.53. The minimum absolute atomic E-state index is 0.00267. The van der Waals surface area contributed by atoms with Crippen molar-refractivity contribution in [3.05, 3.63) is 0 Å². The van der Waals surface area contributed by atoms with Gasteiger partial charge in [-0.1, -0.05) is 13.3 Å². The van der Waals surface area contributed by atoms with Crippen LogP contribution in [0.3, 0.4) is 0 Å². The topological polar surface area (TPSA) is 50.4 Å². The zero-order chi connectivity index (χ0) is 15.2. The third-order valence-corrected chi connectivity index (χ3v) is 3.55. The van der Waals surface area contributed by atoms with E-state index < -0.39 is 18.1 Å². The van der Waals surface area contributed by atoms with Gasteiger partial charge >= 0.3 is 6.18 Å². The monoisotopic (exact) mass is 296 g/mol. The van der Waals surface area contributed by atoms with Crippen molar-refractivity contribution >= 4 is 5.91 Å². The molecular formula is C13H23F3N2O2. The average Bonchev–Trinajstić information content (AvgIpc) is 2.38. The number of halogens is 3. The number of ether oxygens (including phenoxy) is 1. The second-order valence-corrected chi connectivity index (χ2v) is 5.23. The molecule has 0 bridgehead atoms. The lowest BCUT2D eigenvalue weighted by atomic mass is 9.93. The van der Waals surface area contributed by atoms with Crippen LogP contribution in [0.1, 0.15) is 32.6 Å². The van der Waals surface area contributed by atoms with Gasteiger partial charge in [0.25, 0.3) is 0 Å². The van der Waals surface area contributed by atoms with Gasteiger partial charge in [0.2, 0.25) is 5.91 Å². The normalized spacial score (nSPS) is 25.2. The Morgan fingerprint density at radius 1 is 1.45 bits per heavy atom. The molecule has 118 valence electrons. The van der Waals surface area contributed by atoms with Crippen LogP contribution >= 0.6 is 0 Å². The van der Waals surface area contributed by atoms with E-state index in [4.69, 9.17) is 4.74 Å². The van der Waals surface area contributed by atoms with E-state index in [0.29, 0.717) is 6.61 Å². The molecule has 20 heavy (non-hydrogen) atoms. The molecule has 0 aliphatic carbocycles. The Balaban J connectivity index is 2.42. The molecule has 1 saturated heterocycles. The van der Waals surface area contributed by atoms with E-state index in [0.717, 1.165) is 12.8 Å². The van der Waals surface area contributed by atoms with Crippen molar-refractivity contribution in [2.75, 3.05) is 20.3 Å². The maximum Gasteiger partial charge on any atom is 0.393 e. The Bertz CT molecular complexity index is 296. The molecule has 1 heterocycles. The molecule has 0 aromatic carbocycles. The van der Waals surface area contributed by atoms with Crippen molar-refractivity contribution in [2.24, 2.45) is 5.92 Å². The highest BCUT2D eigenvalue weighted by atomic mass is 19.4. The van der Waals surface area contributed by atoms with Gasteiger partial charge in [-0.2, -0.15) is 13.2 Å². The van der Waals surface area contributed by atoms with Crippen molar-refractivity contribution in [1.29, 1.82) is 0 Å². The molecule has 1 aliphatic rings. The molecule has 0 aromatic rings. The Labute approximate surface area is 117 Å². The van der Waals surface area contributed by atoms with Crippen LogP contribution < -0.4 is 10.6 Å². The summed E-state index contributed by atoms with van der Waals surface area (Å²) in [5.41, 5.74) is 0. The number of hydrogen-bond donors (Lipinski definition) is 2. The molecule has 1 rings (SSSR count). The van der Waals surface area contributed by atoms with Gasteiger partial charge in [-0.3, -0.25) is 4.79 Å². The van der Waals surface area contributed by atoms with Gasteiger partial charge in [0.1, 0.15) is 0 Å². The molecule has 3 unspecified atom stereocenters. The van der Waals surface area contributed by atoms with Crippen LogP contribution in [-0.4, -0.2) is 44.4 Å². The number of hydrogen-bond acceptors (Lipinski definition) is 3. The lowest BCUT2D eigenvalue weighted by Gasteiger charge is -2.31. The van der Waals surface area contributed by atoms with Crippen molar-refractivity contribution in [2.45, 2.75) is 50.9 Å².